The Morgan fingerprint density at radius 3 is 2.73 bits per heavy atom. The molecule has 0 radical (unpaired) electrons. The molecule has 1 fully saturated rings. The third-order valence-corrected chi connectivity index (χ3v) is 4.40. The standard InChI is InChI=1S/C13H18IN/c1-9-3-5-11(7-9)15-12-6-4-10(2)13(14)8-12/h4,6,8-9,11,15H,3,5,7H2,1-2H3. The molecule has 2 heteroatoms. The minimum Gasteiger partial charge on any atom is -0.382 e. The van der Waals surface area contributed by atoms with Crippen molar-refractivity contribution in [2.45, 2.75) is 39.2 Å². The van der Waals surface area contributed by atoms with Crippen molar-refractivity contribution < 1.29 is 0 Å². The molecule has 1 aromatic carbocycles. The molecule has 1 aliphatic carbocycles. The predicted octanol–water partition coefficient (Wildman–Crippen LogP) is 4.20. The Kier molecular flexibility index (Phi) is 3.54. The Bertz CT molecular complexity index is 348. The lowest BCUT2D eigenvalue weighted by molar-refractivity contribution is 0.602. The first-order valence-electron chi connectivity index (χ1n) is 5.68. The van der Waals surface area contributed by atoms with E-state index in [0.29, 0.717) is 6.04 Å². The first kappa shape index (κ1) is 11.2. The quantitative estimate of drug-likeness (QED) is 0.807. The number of aryl methyl sites for hydroxylation is 1. The summed E-state index contributed by atoms with van der Waals surface area (Å²) in [6.07, 6.45) is 4.02. The predicted molar refractivity (Wildman–Crippen MR) is 74.3 cm³/mol. The summed E-state index contributed by atoms with van der Waals surface area (Å²) in [6.45, 7) is 4.50. The summed E-state index contributed by atoms with van der Waals surface area (Å²) in [5, 5.41) is 3.63. The highest BCUT2D eigenvalue weighted by Crippen LogP contribution is 2.28. The third kappa shape index (κ3) is 2.86. The average Bonchev–Trinajstić information content (AvgIpc) is 2.58. The van der Waals surface area contributed by atoms with Gasteiger partial charge in [-0.15, -0.1) is 0 Å². The smallest absolute Gasteiger partial charge is 0.0353 e. The van der Waals surface area contributed by atoms with Crippen LogP contribution >= 0.6 is 22.6 Å². The monoisotopic (exact) mass is 315 g/mol. The molecular weight excluding hydrogens is 297 g/mol. The molecule has 0 bridgehead atoms. The Labute approximate surface area is 106 Å². The molecule has 0 heterocycles. The number of benzene rings is 1. The maximum atomic E-state index is 3.63. The topological polar surface area (TPSA) is 12.0 Å². The van der Waals surface area contributed by atoms with Crippen molar-refractivity contribution in [3.63, 3.8) is 0 Å². The van der Waals surface area contributed by atoms with Crippen LogP contribution in [0.15, 0.2) is 18.2 Å². The van der Waals surface area contributed by atoms with Gasteiger partial charge in [0.2, 0.25) is 0 Å². The second kappa shape index (κ2) is 4.73. The van der Waals surface area contributed by atoms with Crippen LogP contribution in [0.25, 0.3) is 0 Å². The fourth-order valence-electron chi connectivity index (χ4n) is 2.26. The van der Waals surface area contributed by atoms with Crippen LogP contribution in [0.1, 0.15) is 31.7 Å². The van der Waals surface area contributed by atoms with Gasteiger partial charge in [-0.05, 0) is 72.4 Å². The van der Waals surface area contributed by atoms with Crippen LogP contribution in [-0.4, -0.2) is 6.04 Å². The van der Waals surface area contributed by atoms with Gasteiger partial charge in [0, 0.05) is 15.3 Å². The number of anilines is 1. The fraction of sp³-hybridized carbons (Fsp3) is 0.538. The maximum absolute atomic E-state index is 3.63. The minimum absolute atomic E-state index is 0.693. The molecule has 1 aromatic rings. The van der Waals surface area contributed by atoms with Crippen LogP contribution in [0.4, 0.5) is 5.69 Å². The summed E-state index contributed by atoms with van der Waals surface area (Å²) in [6, 6.07) is 7.33. The fourth-order valence-corrected chi connectivity index (χ4v) is 2.77. The molecule has 1 nitrogen and oxygen atoms in total. The summed E-state index contributed by atoms with van der Waals surface area (Å²) in [4.78, 5) is 0. The second-order valence-corrected chi connectivity index (χ2v) is 5.89. The van der Waals surface area contributed by atoms with Crippen molar-refractivity contribution in [1.82, 2.24) is 0 Å². The molecule has 2 rings (SSSR count). The number of hydrogen-bond donors (Lipinski definition) is 1. The SMILES string of the molecule is Cc1ccc(NC2CCC(C)C2)cc1I. The van der Waals surface area contributed by atoms with Crippen LogP contribution in [-0.2, 0) is 0 Å². The number of nitrogens with one attached hydrogen (secondary N) is 1. The molecule has 1 saturated carbocycles. The van der Waals surface area contributed by atoms with Crippen LogP contribution in [0.2, 0.25) is 0 Å². The van der Waals surface area contributed by atoms with Gasteiger partial charge in [0.15, 0.2) is 0 Å². The van der Waals surface area contributed by atoms with Crippen molar-refractivity contribution in [2.75, 3.05) is 5.32 Å². The highest BCUT2D eigenvalue weighted by Gasteiger charge is 2.20. The van der Waals surface area contributed by atoms with Crippen molar-refractivity contribution >= 4 is 28.3 Å². The molecule has 0 spiro atoms. The summed E-state index contributed by atoms with van der Waals surface area (Å²) in [5.41, 5.74) is 2.64. The molecule has 0 aliphatic heterocycles. The first-order valence-corrected chi connectivity index (χ1v) is 6.75. The Morgan fingerprint density at radius 2 is 2.13 bits per heavy atom. The van der Waals surface area contributed by atoms with E-state index in [2.05, 4.69) is 60.0 Å². The number of hydrogen-bond acceptors (Lipinski definition) is 1. The van der Waals surface area contributed by atoms with Crippen LogP contribution in [0.3, 0.4) is 0 Å². The second-order valence-electron chi connectivity index (χ2n) is 4.72. The third-order valence-electron chi connectivity index (χ3n) is 3.24. The highest BCUT2D eigenvalue weighted by molar-refractivity contribution is 14.1. The van der Waals surface area contributed by atoms with E-state index in [1.807, 2.05) is 0 Å². The number of halogens is 1. The van der Waals surface area contributed by atoms with E-state index in [0.717, 1.165) is 5.92 Å². The molecule has 2 unspecified atom stereocenters. The molecule has 1 aliphatic rings. The van der Waals surface area contributed by atoms with Gasteiger partial charge in [0.25, 0.3) is 0 Å². The van der Waals surface area contributed by atoms with E-state index in [4.69, 9.17) is 0 Å². The minimum atomic E-state index is 0.693. The maximum Gasteiger partial charge on any atom is 0.0353 e. The van der Waals surface area contributed by atoms with Gasteiger partial charge in [-0.25, -0.2) is 0 Å². The Hall–Kier alpha value is -0.250. The normalized spacial score (nSPS) is 25.5. The van der Waals surface area contributed by atoms with E-state index in [9.17, 15) is 0 Å². The van der Waals surface area contributed by atoms with Crippen molar-refractivity contribution in [3.05, 3.63) is 27.3 Å². The zero-order valence-electron chi connectivity index (χ0n) is 9.39. The van der Waals surface area contributed by atoms with Gasteiger partial charge in [0.05, 0.1) is 0 Å². The van der Waals surface area contributed by atoms with Crippen LogP contribution < -0.4 is 5.32 Å². The summed E-state index contributed by atoms with van der Waals surface area (Å²) >= 11 is 2.40. The van der Waals surface area contributed by atoms with E-state index in [1.165, 1.54) is 34.1 Å². The van der Waals surface area contributed by atoms with E-state index < -0.39 is 0 Å². The van der Waals surface area contributed by atoms with Crippen molar-refractivity contribution in [3.8, 4) is 0 Å². The molecule has 15 heavy (non-hydrogen) atoms. The lowest BCUT2D eigenvalue weighted by Crippen LogP contribution is -2.15. The lowest BCUT2D eigenvalue weighted by Gasteiger charge is -2.14. The van der Waals surface area contributed by atoms with E-state index in [1.54, 1.807) is 0 Å². The van der Waals surface area contributed by atoms with Gasteiger partial charge >= 0.3 is 0 Å². The molecule has 0 saturated heterocycles. The Morgan fingerprint density at radius 1 is 1.33 bits per heavy atom. The zero-order valence-corrected chi connectivity index (χ0v) is 11.5. The van der Waals surface area contributed by atoms with Gasteiger partial charge in [-0.2, -0.15) is 0 Å². The Balaban J connectivity index is 2.02. The summed E-state index contributed by atoms with van der Waals surface area (Å²) < 4.78 is 1.35. The van der Waals surface area contributed by atoms with E-state index in [-0.39, 0.29) is 0 Å². The van der Waals surface area contributed by atoms with Crippen LogP contribution in [0, 0.1) is 16.4 Å². The van der Waals surface area contributed by atoms with Crippen molar-refractivity contribution in [2.24, 2.45) is 5.92 Å². The molecular formula is C13H18IN. The summed E-state index contributed by atoms with van der Waals surface area (Å²) in [7, 11) is 0. The average molecular weight is 315 g/mol. The zero-order chi connectivity index (χ0) is 10.8. The van der Waals surface area contributed by atoms with Gasteiger partial charge in [-0.3, -0.25) is 0 Å². The molecule has 2 atom stereocenters. The molecule has 0 amide bonds. The first-order chi connectivity index (χ1) is 7.15. The van der Waals surface area contributed by atoms with Gasteiger partial charge in [-0.1, -0.05) is 13.0 Å². The number of rotatable bonds is 2. The molecule has 0 aromatic heterocycles. The highest BCUT2D eigenvalue weighted by atomic mass is 127. The van der Waals surface area contributed by atoms with Crippen LogP contribution in [0.5, 0.6) is 0 Å². The molecule has 1 N–H and O–H groups in total. The van der Waals surface area contributed by atoms with Gasteiger partial charge in [0.1, 0.15) is 0 Å². The van der Waals surface area contributed by atoms with E-state index >= 15 is 0 Å². The summed E-state index contributed by atoms with van der Waals surface area (Å²) in [5.74, 6) is 0.895. The molecule has 82 valence electrons. The van der Waals surface area contributed by atoms with Crippen molar-refractivity contribution in [1.29, 1.82) is 0 Å². The largest absolute Gasteiger partial charge is 0.382 e. The van der Waals surface area contributed by atoms with Gasteiger partial charge < -0.3 is 5.32 Å². The lowest BCUT2D eigenvalue weighted by atomic mass is 10.1.